The molecule has 3 aromatic rings. The van der Waals surface area contributed by atoms with Crippen LogP contribution in [0.4, 0.5) is 0 Å². The highest BCUT2D eigenvalue weighted by molar-refractivity contribution is 9.10. The van der Waals surface area contributed by atoms with Gasteiger partial charge in [0.15, 0.2) is 22.5 Å². The molecule has 0 saturated carbocycles. The molecule has 0 bridgehead atoms. The number of aromatic nitrogens is 3. The molecule has 0 aliphatic rings. The Kier molecular flexibility index (Phi) is 6.46. The number of hydrogen-bond acceptors (Lipinski definition) is 6. The summed E-state index contributed by atoms with van der Waals surface area (Å²) in [6, 6.07) is 10.5. The molecule has 27 heavy (non-hydrogen) atoms. The topological polar surface area (TPSA) is 90.0 Å². The van der Waals surface area contributed by atoms with Gasteiger partial charge in [-0.15, -0.1) is 10.2 Å². The van der Waals surface area contributed by atoms with Crippen molar-refractivity contribution < 1.29 is 14.0 Å². The maximum absolute atomic E-state index is 12.3. The number of furan rings is 1. The van der Waals surface area contributed by atoms with E-state index >= 15 is 0 Å². The number of halogens is 1. The van der Waals surface area contributed by atoms with Crippen LogP contribution in [0.15, 0.2) is 56.7 Å². The van der Waals surface area contributed by atoms with Gasteiger partial charge in [-0.3, -0.25) is 9.59 Å². The lowest BCUT2D eigenvalue weighted by atomic mass is 10.2. The Morgan fingerprint density at radius 2 is 2.00 bits per heavy atom. The normalized spacial score (nSPS) is 10.7. The zero-order valence-corrected chi connectivity index (χ0v) is 16.9. The number of amides is 1. The summed E-state index contributed by atoms with van der Waals surface area (Å²) >= 11 is 4.68. The second-order valence-electron chi connectivity index (χ2n) is 5.52. The van der Waals surface area contributed by atoms with Crippen LogP contribution in [0.1, 0.15) is 33.7 Å². The molecule has 0 aliphatic carbocycles. The maximum Gasteiger partial charge on any atom is 0.287 e. The van der Waals surface area contributed by atoms with Crippen molar-refractivity contribution in [1.29, 1.82) is 0 Å². The van der Waals surface area contributed by atoms with E-state index in [2.05, 4.69) is 31.4 Å². The van der Waals surface area contributed by atoms with Gasteiger partial charge in [-0.05, 0) is 31.2 Å². The lowest BCUT2D eigenvalue weighted by Crippen LogP contribution is -2.24. The molecule has 3 rings (SSSR count). The van der Waals surface area contributed by atoms with Gasteiger partial charge in [-0.1, -0.05) is 39.8 Å². The van der Waals surface area contributed by atoms with Crippen LogP contribution in [0.3, 0.4) is 0 Å². The average molecular weight is 449 g/mol. The van der Waals surface area contributed by atoms with Crippen molar-refractivity contribution in [3.8, 4) is 0 Å². The van der Waals surface area contributed by atoms with Crippen molar-refractivity contribution in [1.82, 2.24) is 20.1 Å². The highest BCUT2D eigenvalue weighted by atomic mass is 79.9. The highest BCUT2D eigenvalue weighted by Gasteiger charge is 2.15. The van der Waals surface area contributed by atoms with Gasteiger partial charge in [0, 0.05) is 16.6 Å². The van der Waals surface area contributed by atoms with Crippen molar-refractivity contribution in [3.63, 3.8) is 0 Å². The molecule has 0 atom stereocenters. The third kappa shape index (κ3) is 4.86. The second kappa shape index (κ2) is 9.01. The molecule has 140 valence electrons. The van der Waals surface area contributed by atoms with Crippen LogP contribution in [0.5, 0.6) is 0 Å². The van der Waals surface area contributed by atoms with Crippen molar-refractivity contribution in [2.45, 2.75) is 25.2 Å². The lowest BCUT2D eigenvalue weighted by molar-refractivity contribution is 0.0921. The first kappa shape index (κ1) is 19.4. The molecule has 0 saturated heterocycles. The van der Waals surface area contributed by atoms with Crippen molar-refractivity contribution >= 4 is 39.4 Å². The summed E-state index contributed by atoms with van der Waals surface area (Å²) in [5.41, 5.74) is 0.652. The average Bonchev–Trinajstić information content (AvgIpc) is 3.34. The van der Waals surface area contributed by atoms with E-state index in [4.69, 9.17) is 4.42 Å². The molecular formula is C18H17BrN4O3S. The summed E-state index contributed by atoms with van der Waals surface area (Å²) < 4.78 is 7.87. The molecule has 2 heterocycles. The minimum Gasteiger partial charge on any atom is -0.459 e. The van der Waals surface area contributed by atoms with E-state index in [1.807, 2.05) is 23.6 Å². The van der Waals surface area contributed by atoms with Crippen LogP contribution >= 0.6 is 27.7 Å². The number of carbonyl (C=O) groups excluding carboxylic acids is 2. The minimum absolute atomic E-state index is 0.0193. The predicted octanol–water partition coefficient (Wildman–Crippen LogP) is 3.56. The van der Waals surface area contributed by atoms with Gasteiger partial charge in [0.25, 0.3) is 5.91 Å². The summed E-state index contributed by atoms with van der Waals surface area (Å²) in [6.45, 7) is 2.82. The summed E-state index contributed by atoms with van der Waals surface area (Å²) in [7, 11) is 0. The zero-order valence-electron chi connectivity index (χ0n) is 14.5. The Bertz CT molecular complexity index is 923. The van der Waals surface area contributed by atoms with Crippen molar-refractivity contribution in [2.24, 2.45) is 0 Å². The van der Waals surface area contributed by atoms with E-state index in [1.54, 1.807) is 24.3 Å². The van der Waals surface area contributed by atoms with Crippen LogP contribution in [-0.2, 0) is 13.1 Å². The van der Waals surface area contributed by atoms with Crippen LogP contribution in [-0.4, -0.2) is 32.2 Å². The van der Waals surface area contributed by atoms with E-state index in [-0.39, 0.29) is 29.7 Å². The van der Waals surface area contributed by atoms with Gasteiger partial charge in [0.05, 0.1) is 18.6 Å². The summed E-state index contributed by atoms with van der Waals surface area (Å²) in [5, 5.41) is 11.7. The summed E-state index contributed by atoms with van der Waals surface area (Å²) in [4.78, 5) is 24.3. The molecule has 1 aromatic carbocycles. The largest absolute Gasteiger partial charge is 0.459 e. The quantitative estimate of drug-likeness (QED) is 0.418. The number of rotatable bonds is 8. The maximum atomic E-state index is 12.3. The van der Waals surface area contributed by atoms with Gasteiger partial charge in [-0.25, -0.2) is 0 Å². The number of nitrogens with zero attached hydrogens (tertiary/aromatic N) is 3. The predicted molar refractivity (Wildman–Crippen MR) is 105 cm³/mol. The lowest BCUT2D eigenvalue weighted by Gasteiger charge is -2.08. The monoisotopic (exact) mass is 448 g/mol. The van der Waals surface area contributed by atoms with Crippen molar-refractivity contribution in [2.75, 3.05) is 5.75 Å². The Balaban J connectivity index is 1.60. The molecule has 0 spiro atoms. The number of nitrogens with one attached hydrogen (secondary N) is 1. The molecule has 2 aromatic heterocycles. The van der Waals surface area contributed by atoms with E-state index in [9.17, 15) is 9.59 Å². The minimum atomic E-state index is -0.315. The molecule has 0 aliphatic heterocycles. The molecule has 9 heteroatoms. The van der Waals surface area contributed by atoms with Gasteiger partial charge in [-0.2, -0.15) is 0 Å². The van der Waals surface area contributed by atoms with E-state index in [0.29, 0.717) is 23.1 Å². The number of thioether (sulfide) groups is 1. The van der Waals surface area contributed by atoms with Crippen molar-refractivity contribution in [3.05, 3.63) is 64.3 Å². The molecule has 0 radical (unpaired) electrons. The molecule has 0 fully saturated rings. The van der Waals surface area contributed by atoms with Crippen LogP contribution in [0.2, 0.25) is 0 Å². The van der Waals surface area contributed by atoms with Crippen LogP contribution in [0.25, 0.3) is 0 Å². The van der Waals surface area contributed by atoms with E-state index < -0.39 is 0 Å². The molecular weight excluding hydrogens is 432 g/mol. The van der Waals surface area contributed by atoms with Crippen LogP contribution < -0.4 is 5.32 Å². The first-order chi connectivity index (χ1) is 13.1. The molecule has 0 unspecified atom stereocenters. The first-order valence-electron chi connectivity index (χ1n) is 8.23. The summed E-state index contributed by atoms with van der Waals surface area (Å²) in [6.07, 6.45) is 1.45. The zero-order chi connectivity index (χ0) is 19.2. The second-order valence-corrected chi connectivity index (χ2v) is 7.38. The Morgan fingerprint density at radius 3 is 2.67 bits per heavy atom. The number of carbonyl (C=O) groups is 2. The molecule has 1 N–H and O–H groups in total. The first-order valence-corrected chi connectivity index (χ1v) is 10.0. The summed E-state index contributed by atoms with van der Waals surface area (Å²) in [5.74, 6) is 0.831. The molecule has 1 amide bonds. The van der Waals surface area contributed by atoms with Crippen LogP contribution in [0, 0.1) is 0 Å². The Morgan fingerprint density at radius 1 is 1.22 bits per heavy atom. The molecule has 7 nitrogen and oxygen atoms in total. The Labute approximate surface area is 168 Å². The van der Waals surface area contributed by atoms with Gasteiger partial charge in [0.1, 0.15) is 0 Å². The highest BCUT2D eigenvalue weighted by Crippen LogP contribution is 2.19. The smallest absolute Gasteiger partial charge is 0.287 e. The number of ketones is 1. The number of hydrogen-bond donors (Lipinski definition) is 1. The van der Waals surface area contributed by atoms with Gasteiger partial charge >= 0.3 is 0 Å². The van der Waals surface area contributed by atoms with E-state index in [0.717, 1.165) is 4.47 Å². The number of benzene rings is 1. The standard InChI is InChI=1S/C18H17BrN4O3S/c1-2-23-16(10-20-17(25)15-4-3-9-26-15)21-22-18(23)27-11-14(24)12-5-7-13(19)8-6-12/h3-9H,2,10-11H2,1H3,(H,20,25). The third-order valence-corrected chi connectivity index (χ3v) is 5.26. The fraction of sp³-hybridized carbons (Fsp3) is 0.222. The fourth-order valence-electron chi connectivity index (χ4n) is 2.38. The third-order valence-electron chi connectivity index (χ3n) is 3.76. The van der Waals surface area contributed by atoms with Gasteiger partial charge in [0.2, 0.25) is 0 Å². The number of Topliss-reactive ketones (excluding diaryl/α,β-unsaturated/α-hetero) is 1. The fourth-order valence-corrected chi connectivity index (χ4v) is 3.56. The SMILES string of the molecule is CCn1c(CNC(=O)c2ccco2)nnc1SCC(=O)c1ccc(Br)cc1. The Hall–Kier alpha value is -2.39. The van der Waals surface area contributed by atoms with E-state index in [1.165, 1.54) is 18.0 Å². The van der Waals surface area contributed by atoms with Gasteiger partial charge < -0.3 is 14.3 Å².